The molecule has 0 saturated heterocycles. The van der Waals surface area contributed by atoms with Crippen LogP contribution in [0.4, 0.5) is 11.4 Å². The Hall–Kier alpha value is -1.29. The van der Waals surface area contributed by atoms with Crippen LogP contribution in [0.15, 0.2) is 18.5 Å². The first kappa shape index (κ1) is 7.36. The Balaban J connectivity index is 2.23. The zero-order valence-electron chi connectivity index (χ0n) is 6.62. The predicted molar refractivity (Wildman–Crippen MR) is 47.2 cm³/mol. The minimum atomic E-state index is 0.0988. The van der Waals surface area contributed by atoms with E-state index in [-0.39, 0.29) is 12.6 Å². The molecule has 2 heterocycles. The summed E-state index contributed by atoms with van der Waals surface area (Å²) >= 11 is 0. The lowest BCUT2D eigenvalue weighted by Gasteiger charge is -2.26. The van der Waals surface area contributed by atoms with Gasteiger partial charge in [0, 0.05) is 12.7 Å². The summed E-state index contributed by atoms with van der Waals surface area (Å²) in [4.78, 5) is 3.98. The lowest BCUT2D eigenvalue weighted by molar-refractivity contribution is 0.277. The van der Waals surface area contributed by atoms with Gasteiger partial charge in [-0.3, -0.25) is 4.98 Å². The highest BCUT2D eigenvalue weighted by atomic mass is 16.3. The third-order valence-electron chi connectivity index (χ3n) is 1.94. The van der Waals surface area contributed by atoms with E-state index in [1.54, 1.807) is 12.4 Å². The highest BCUT2D eigenvalue weighted by Crippen LogP contribution is 2.23. The van der Waals surface area contributed by atoms with Gasteiger partial charge in [-0.05, 0) is 6.07 Å². The molecule has 0 amide bonds. The van der Waals surface area contributed by atoms with Crippen molar-refractivity contribution in [3.63, 3.8) is 0 Å². The van der Waals surface area contributed by atoms with Crippen LogP contribution in [0.1, 0.15) is 0 Å². The molecular formula is C8H11N3O. The number of fused-ring (bicyclic) bond motifs is 1. The van der Waals surface area contributed by atoms with Gasteiger partial charge >= 0.3 is 0 Å². The van der Waals surface area contributed by atoms with Crippen molar-refractivity contribution in [2.45, 2.75) is 6.04 Å². The van der Waals surface area contributed by atoms with E-state index in [0.717, 1.165) is 17.9 Å². The van der Waals surface area contributed by atoms with Crippen molar-refractivity contribution in [1.82, 2.24) is 4.98 Å². The SMILES string of the molecule is OCC1CNc2ccncc2N1. The molecule has 12 heavy (non-hydrogen) atoms. The molecule has 0 spiro atoms. The largest absolute Gasteiger partial charge is 0.394 e. The topological polar surface area (TPSA) is 57.2 Å². The van der Waals surface area contributed by atoms with E-state index < -0.39 is 0 Å². The number of nitrogens with one attached hydrogen (secondary N) is 2. The van der Waals surface area contributed by atoms with Gasteiger partial charge in [0.05, 0.1) is 30.2 Å². The molecule has 2 rings (SSSR count). The molecule has 1 aliphatic rings. The van der Waals surface area contributed by atoms with Gasteiger partial charge in [-0.1, -0.05) is 0 Å². The standard InChI is InChI=1S/C8H11N3O/c12-5-6-3-10-7-1-2-9-4-8(7)11-6/h1-2,4,6,10-12H,3,5H2. The highest BCUT2D eigenvalue weighted by molar-refractivity contribution is 5.69. The second-order valence-corrected chi connectivity index (χ2v) is 2.83. The molecule has 0 aliphatic carbocycles. The lowest BCUT2D eigenvalue weighted by Crippen LogP contribution is -2.35. The van der Waals surface area contributed by atoms with Crippen LogP contribution in [0.2, 0.25) is 0 Å². The summed E-state index contributed by atoms with van der Waals surface area (Å²) in [7, 11) is 0. The van der Waals surface area contributed by atoms with Gasteiger partial charge in [0.2, 0.25) is 0 Å². The maximum atomic E-state index is 8.89. The summed E-state index contributed by atoms with van der Waals surface area (Å²) in [5.41, 5.74) is 2.01. The summed E-state index contributed by atoms with van der Waals surface area (Å²) in [6.07, 6.45) is 3.50. The molecule has 0 radical (unpaired) electrons. The quantitative estimate of drug-likeness (QED) is 0.559. The van der Waals surface area contributed by atoms with Crippen LogP contribution in [-0.4, -0.2) is 29.3 Å². The van der Waals surface area contributed by atoms with E-state index in [4.69, 9.17) is 5.11 Å². The molecule has 0 fully saturated rings. The lowest BCUT2D eigenvalue weighted by atomic mass is 10.2. The van der Waals surface area contributed by atoms with Crippen LogP contribution in [0, 0.1) is 0 Å². The molecule has 64 valence electrons. The van der Waals surface area contributed by atoms with Crippen LogP contribution in [0.25, 0.3) is 0 Å². The predicted octanol–water partition coefficient (Wildman–Crippen LogP) is 0.280. The third-order valence-corrected chi connectivity index (χ3v) is 1.94. The second-order valence-electron chi connectivity index (χ2n) is 2.83. The molecule has 1 aromatic rings. The Bertz CT molecular complexity index is 277. The number of nitrogens with zero attached hydrogens (tertiary/aromatic N) is 1. The molecule has 4 nitrogen and oxygen atoms in total. The smallest absolute Gasteiger partial charge is 0.0765 e. The van der Waals surface area contributed by atoms with Gasteiger partial charge in [-0.2, -0.15) is 0 Å². The van der Waals surface area contributed by atoms with Crippen molar-refractivity contribution < 1.29 is 5.11 Å². The molecule has 1 aromatic heterocycles. The van der Waals surface area contributed by atoms with E-state index in [1.165, 1.54) is 0 Å². The van der Waals surface area contributed by atoms with Crippen LogP contribution >= 0.6 is 0 Å². The molecule has 3 N–H and O–H groups in total. The van der Waals surface area contributed by atoms with Gasteiger partial charge in [0.1, 0.15) is 0 Å². The molecule has 0 saturated carbocycles. The van der Waals surface area contributed by atoms with E-state index in [0.29, 0.717) is 0 Å². The number of hydrogen-bond acceptors (Lipinski definition) is 4. The molecule has 1 atom stereocenters. The van der Waals surface area contributed by atoms with Gasteiger partial charge < -0.3 is 15.7 Å². The average molecular weight is 165 g/mol. The van der Waals surface area contributed by atoms with E-state index in [1.807, 2.05) is 6.07 Å². The third kappa shape index (κ3) is 1.21. The Morgan fingerprint density at radius 2 is 2.50 bits per heavy atom. The fourth-order valence-corrected chi connectivity index (χ4v) is 1.28. The molecule has 4 heteroatoms. The number of rotatable bonds is 1. The minimum absolute atomic E-state index is 0.0988. The van der Waals surface area contributed by atoms with Gasteiger partial charge in [-0.15, -0.1) is 0 Å². The van der Waals surface area contributed by atoms with Gasteiger partial charge in [0.25, 0.3) is 0 Å². The molecule has 1 unspecified atom stereocenters. The maximum Gasteiger partial charge on any atom is 0.0765 e. The maximum absolute atomic E-state index is 8.89. The molecule has 1 aliphatic heterocycles. The Kier molecular flexibility index (Phi) is 1.83. The first-order valence-corrected chi connectivity index (χ1v) is 3.95. The Labute approximate surface area is 70.6 Å². The zero-order chi connectivity index (χ0) is 8.39. The minimum Gasteiger partial charge on any atom is -0.394 e. The van der Waals surface area contributed by atoms with Crippen molar-refractivity contribution in [2.75, 3.05) is 23.8 Å². The summed E-state index contributed by atoms with van der Waals surface area (Å²) in [5, 5.41) is 15.3. The zero-order valence-corrected chi connectivity index (χ0v) is 6.62. The number of anilines is 2. The Morgan fingerprint density at radius 1 is 1.58 bits per heavy atom. The first-order chi connectivity index (χ1) is 5.90. The number of hydrogen-bond donors (Lipinski definition) is 3. The number of aliphatic hydroxyl groups is 1. The van der Waals surface area contributed by atoms with Crippen molar-refractivity contribution in [3.05, 3.63) is 18.5 Å². The average Bonchev–Trinajstić information content (AvgIpc) is 2.17. The van der Waals surface area contributed by atoms with E-state index in [2.05, 4.69) is 15.6 Å². The summed E-state index contributed by atoms with van der Waals surface area (Å²) in [6.45, 7) is 0.898. The van der Waals surface area contributed by atoms with Crippen LogP contribution in [0.5, 0.6) is 0 Å². The molecular weight excluding hydrogens is 154 g/mol. The monoisotopic (exact) mass is 165 g/mol. The van der Waals surface area contributed by atoms with Crippen LogP contribution < -0.4 is 10.6 Å². The van der Waals surface area contributed by atoms with Crippen LogP contribution in [0.3, 0.4) is 0 Å². The molecule has 0 aromatic carbocycles. The summed E-state index contributed by atoms with van der Waals surface area (Å²) in [5.74, 6) is 0. The van der Waals surface area contributed by atoms with E-state index >= 15 is 0 Å². The summed E-state index contributed by atoms with van der Waals surface area (Å²) in [6, 6.07) is 2.01. The number of aliphatic hydroxyl groups excluding tert-OH is 1. The first-order valence-electron chi connectivity index (χ1n) is 3.95. The fraction of sp³-hybridized carbons (Fsp3) is 0.375. The van der Waals surface area contributed by atoms with Crippen molar-refractivity contribution in [3.8, 4) is 0 Å². The second kappa shape index (κ2) is 2.98. The van der Waals surface area contributed by atoms with Crippen LogP contribution in [-0.2, 0) is 0 Å². The van der Waals surface area contributed by atoms with Crippen molar-refractivity contribution in [2.24, 2.45) is 0 Å². The Morgan fingerprint density at radius 3 is 3.33 bits per heavy atom. The normalized spacial score (nSPS) is 20.6. The van der Waals surface area contributed by atoms with Gasteiger partial charge in [-0.25, -0.2) is 0 Å². The fourth-order valence-electron chi connectivity index (χ4n) is 1.28. The van der Waals surface area contributed by atoms with Crippen molar-refractivity contribution in [1.29, 1.82) is 0 Å². The molecule has 0 bridgehead atoms. The van der Waals surface area contributed by atoms with Gasteiger partial charge in [0.15, 0.2) is 0 Å². The summed E-state index contributed by atoms with van der Waals surface area (Å²) < 4.78 is 0. The number of aromatic nitrogens is 1. The number of pyridine rings is 1. The van der Waals surface area contributed by atoms with Crippen molar-refractivity contribution >= 4 is 11.4 Å². The van der Waals surface area contributed by atoms with E-state index in [9.17, 15) is 0 Å². The highest BCUT2D eigenvalue weighted by Gasteiger charge is 2.15.